The van der Waals surface area contributed by atoms with Crippen LogP contribution >= 0.6 is 20.2 Å². The fourth-order valence-corrected chi connectivity index (χ4v) is 6.21. The molecule has 4 unspecified atom stereocenters. The van der Waals surface area contributed by atoms with Gasteiger partial charge in [-0.15, -0.1) is 0 Å². The molecule has 0 saturated carbocycles. The maximum atomic E-state index is 11.7. The molecule has 9 nitrogen and oxygen atoms in total. The Morgan fingerprint density at radius 1 is 1.48 bits per heavy atom. The summed E-state index contributed by atoms with van der Waals surface area (Å²) in [6, 6.07) is -0.152. The first kappa shape index (κ1) is 20.8. The van der Waals surface area contributed by atoms with Gasteiger partial charge in [-0.1, -0.05) is 0 Å². The summed E-state index contributed by atoms with van der Waals surface area (Å²) in [6.45, 7) is 0. The van der Waals surface area contributed by atoms with Gasteiger partial charge in [-0.2, -0.15) is 11.8 Å². The van der Waals surface area contributed by atoms with Crippen molar-refractivity contribution < 1.29 is 33.8 Å². The van der Waals surface area contributed by atoms with Gasteiger partial charge in [-0.05, 0) is 32.1 Å². The number of carbonyl (C=O) groups is 2. The van der Waals surface area contributed by atoms with Gasteiger partial charge in [0.1, 0.15) is 0 Å². The van der Waals surface area contributed by atoms with Crippen LogP contribution in [0.25, 0.3) is 0 Å². The number of hydrogen-bond donors (Lipinski definition) is 4. The number of rotatable bonds is 8. The number of carboxylic acids is 1. The van der Waals surface area contributed by atoms with E-state index in [9.17, 15) is 24.4 Å². The topological polar surface area (TPSA) is 134 Å². The molecule has 2 amide bonds. The minimum Gasteiger partial charge on any atom is -0.478 e. The monoisotopic (exact) mass is 420 g/mol. The van der Waals surface area contributed by atoms with Crippen molar-refractivity contribution in [3.63, 3.8) is 0 Å². The minimum absolute atomic E-state index is 0.0233. The summed E-state index contributed by atoms with van der Waals surface area (Å²) in [6.07, 6.45) is 1.89. The minimum atomic E-state index is -2.42. The zero-order valence-corrected chi connectivity index (χ0v) is 16.7. The molecular weight excluding hydrogens is 395 g/mol. The number of fused-ring (bicyclic) bond motifs is 1. The van der Waals surface area contributed by atoms with Gasteiger partial charge in [0.2, 0.25) is 13.8 Å². The third-order valence-corrected chi connectivity index (χ3v) is 7.95. The van der Waals surface area contributed by atoms with Gasteiger partial charge in [0.25, 0.3) is 0 Å². The van der Waals surface area contributed by atoms with E-state index >= 15 is 0 Å². The second-order valence-electron chi connectivity index (χ2n) is 7.20. The molecule has 27 heavy (non-hydrogen) atoms. The number of aliphatic carboxylic acids is 1. The molecule has 0 aromatic rings. The quantitative estimate of drug-likeness (QED) is 0.339. The molecule has 0 radical (unpaired) electrons. The Kier molecular flexibility index (Phi) is 6.63. The molecule has 0 bridgehead atoms. The van der Waals surface area contributed by atoms with Crippen LogP contribution in [0.3, 0.4) is 0 Å². The normalized spacial score (nSPS) is 36.5. The molecule has 0 spiro atoms. The third-order valence-electron chi connectivity index (χ3n) is 5.64. The van der Waals surface area contributed by atoms with E-state index in [-0.39, 0.29) is 23.4 Å². The summed E-state index contributed by atoms with van der Waals surface area (Å²) < 4.78 is 22.7. The molecule has 152 valence electrons. The Morgan fingerprint density at radius 2 is 2.26 bits per heavy atom. The van der Waals surface area contributed by atoms with Crippen LogP contribution in [0.15, 0.2) is 0 Å². The number of carbonyl (C=O) groups excluding carboxylic acids is 1. The SMILES string of the molecule is COC1CCCC(C(CC[C@@H]2SC[C@@H]3NC(=O)N[C@@H]32)C(O)(P=O)C(=O)O)O1. The van der Waals surface area contributed by atoms with Crippen LogP contribution in [0.2, 0.25) is 0 Å². The number of ether oxygens (including phenoxy) is 2. The highest BCUT2D eigenvalue weighted by Crippen LogP contribution is 2.42. The van der Waals surface area contributed by atoms with E-state index in [1.54, 1.807) is 11.8 Å². The molecule has 0 aromatic heterocycles. The molecule has 3 aliphatic heterocycles. The summed E-state index contributed by atoms with van der Waals surface area (Å²) in [5.41, 5.74) is 0. The molecular formula is C16H25N2O7PS. The van der Waals surface area contributed by atoms with Crippen molar-refractivity contribution in [3.8, 4) is 0 Å². The maximum absolute atomic E-state index is 11.7. The number of nitrogens with one attached hydrogen (secondary N) is 2. The Labute approximate surface area is 163 Å². The van der Waals surface area contributed by atoms with Gasteiger partial charge >= 0.3 is 12.0 Å². The largest absolute Gasteiger partial charge is 0.478 e. The smallest absolute Gasteiger partial charge is 0.348 e. The van der Waals surface area contributed by atoms with E-state index in [0.29, 0.717) is 25.7 Å². The molecule has 4 N–H and O–H groups in total. The van der Waals surface area contributed by atoms with Crippen LogP contribution < -0.4 is 10.6 Å². The van der Waals surface area contributed by atoms with Crippen molar-refractivity contribution in [1.29, 1.82) is 0 Å². The van der Waals surface area contributed by atoms with E-state index in [2.05, 4.69) is 10.6 Å². The van der Waals surface area contributed by atoms with Crippen LogP contribution in [0.5, 0.6) is 0 Å². The predicted octanol–water partition coefficient (Wildman–Crippen LogP) is 1.15. The lowest BCUT2D eigenvalue weighted by Crippen LogP contribution is -2.49. The number of thioether (sulfide) groups is 1. The van der Waals surface area contributed by atoms with Crippen LogP contribution in [0.4, 0.5) is 4.79 Å². The lowest BCUT2D eigenvalue weighted by atomic mass is 9.85. The van der Waals surface area contributed by atoms with Crippen molar-refractivity contribution in [2.24, 2.45) is 5.92 Å². The number of carboxylic acid groups (broad SMARTS) is 1. The summed E-state index contributed by atoms with van der Waals surface area (Å²) in [5.74, 6) is -1.59. The Hall–Kier alpha value is -0.930. The van der Waals surface area contributed by atoms with Gasteiger partial charge in [0.15, 0.2) is 6.29 Å². The van der Waals surface area contributed by atoms with Crippen molar-refractivity contribution in [1.82, 2.24) is 10.6 Å². The third kappa shape index (κ3) is 4.24. The van der Waals surface area contributed by atoms with Crippen LogP contribution in [-0.4, -0.2) is 70.1 Å². The highest BCUT2D eigenvalue weighted by atomic mass is 32.2. The molecule has 3 fully saturated rings. The number of methoxy groups -OCH3 is 1. The second-order valence-corrected chi connectivity index (χ2v) is 9.34. The maximum Gasteiger partial charge on any atom is 0.348 e. The van der Waals surface area contributed by atoms with E-state index in [0.717, 1.165) is 12.2 Å². The summed E-state index contributed by atoms with van der Waals surface area (Å²) >= 11 is 1.70. The number of amides is 2. The van der Waals surface area contributed by atoms with Crippen molar-refractivity contribution >= 4 is 32.2 Å². The molecule has 3 heterocycles. The standard InChI is InChI=1S/C16H25N2O7PS/c1-24-12-4-2-3-10(25-12)8(16(22,26-23)14(19)20)5-6-11-13-9(7-27-11)17-15(21)18-13/h8-13,22H,2-7H2,1H3,(H,19,20)(H2,17,18,21)/t8?,9-,10?,11-,12?,13-,16?/m0/s1. The first-order chi connectivity index (χ1) is 12.9. The van der Waals surface area contributed by atoms with Crippen LogP contribution in [-0.2, 0) is 18.8 Å². The molecule has 0 aromatic carbocycles. The molecule has 3 rings (SSSR count). The van der Waals surface area contributed by atoms with Gasteiger partial charge in [0.05, 0.1) is 18.2 Å². The fraction of sp³-hybridized carbons (Fsp3) is 0.875. The zero-order chi connectivity index (χ0) is 19.6. The second kappa shape index (κ2) is 8.61. The highest BCUT2D eigenvalue weighted by molar-refractivity contribution is 8.00. The lowest BCUT2D eigenvalue weighted by Gasteiger charge is -2.38. The number of hydrogen-bond acceptors (Lipinski definition) is 7. The fourth-order valence-electron chi connectivity index (χ4n) is 4.18. The zero-order valence-electron chi connectivity index (χ0n) is 15.0. The van der Waals surface area contributed by atoms with Crippen molar-refractivity contribution in [2.45, 2.75) is 67.2 Å². The average molecular weight is 420 g/mol. The Bertz CT molecular complexity index is 597. The lowest BCUT2D eigenvalue weighted by molar-refractivity contribution is -0.209. The van der Waals surface area contributed by atoms with Gasteiger partial charge in [-0.25, -0.2) is 9.59 Å². The van der Waals surface area contributed by atoms with Crippen LogP contribution in [0, 0.1) is 5.92 Å². The summed E-state index contributed by atoms with van der Waals surface area (Å²) in [5, 5.41) is 23.6. The van der Waals surface area contributed by atoms with E-state index in [1.165, 1.54) is 7.11 Å². The molecule has 3 saturated heterocycles. The van der Waals surface area contributed by atoms with Crippen molar-refractivity contribution in [3.05, 3.63) is 0 Å². The molecule has 7 atom stereocenters. The van der Waals surface area contributed by atoms with E-state index in [1.807, 2.05) is 0 Å². The van der Waals surface area contributed by atoms with Gasteiger partial charge in [0, 0.05) is 24.0 Å². The predicted molar refractivity (Wildman–Crippen MR) is 97.9 cm³/mol. The first-order valence-electron chi connectivity index (χ1n) is 9.06. The average Bonchev–Trinajstić information content (AvgIpc) is 3.21. The number of aliphatic hydroxyl groups is 1. The van der Waals surface area contributed by atoms with Crippen molar-refractivity contribution in [2.75, 3.05) is 12.9 Å². The van der Waals surface area contributed by atoms with E-state index < -0.39 is 38.1 Å². The van der Waals surface area contributed by atoms with E-state index in [4.69, 9.17) is 9.47 Å². The Balaban J connectivity index is 1.73. The van der Waals surface area contributed by atoms with Crippen LogP contribution in [0.1, 0.15) is 32.1 Å². The summed E-state index contributed by atoms with van der Waals surface area (Å²) in [7, 11) is 0.658. The summed E-state index contributed by atoms with van der Waals surface area (Å²) in [4.78, 5) is 23.2. The van der Waals surface area contributed by atoms with Gasteiger partial charge < -0.3 is 30.3 Å². The molecule has 11 heteroatoms. The molecule has 3 aliphatic rings. The molecule has 0 aliphatic carbocycles. The Morgan fingerprint density at radius 3 is 2.93 bits per heavy atom. The highest BCUT2D eigenvalue weighted by Gasteiger charge is 2.51. The first-order valence-corrected chi connectivity index (χ1v) is 10.9. The van der Waals surface area contributed by atoms with Gasteiger partial charge in [-0.3, -0.25) is 4.57 Å². The number of urea groups is 1.